The maximum absolute atomic E-state index is 13.0. The van der Waals surface area contributed by atoms with Crippen LogP contribution < -0.4 is 10.6 Å². The van der Waals surface area contributed by atoms with E-state index in [-0.39, 0.29) is 23.3 Å². The van der Waals surface area contributed by atoms with Crippen LogP contribution in [0.3, 0.4) is 0 Å². The molecular formula is C24H23FN2O2S. The molecule has 30 heavy (non-hydrogen) atoms. The molecule has 0 atom stereocenters. The third-order valence-corrected chi connectivity index (χ3v) is 5.37. The van der Waals surface area contributed by atoms with Gasteiger partial charge in [-0.2, -0.15) is 0 Å². The second-order valence-electron chi connectivity index (χ2n) is 6.83. The lowest BCUT2D eigenvalue weighted by atomic mass is 10.1. The van der Waals surface area contributed by atoms with Crippen molar-refractivity contribution < 1.29 is 14.0 Å². The topological polar surface area (TPSA) is 58.2 Å². The molecule has 2 aromatic carbocycles. The van der Waals surface area contributed by atoms with E-state index in [0.717, 1.165) is 22.4 Å². The zero-order valence-electron chi connectivity index (χ0n) is 16.7. The second-order valence-corrected chi connectivity index (χ2v) is 7.81. The lowest BCUT2D eigenvalue weighted by Gasteiger charge is -2.12. The van der Waals surface area contributed by atoms with Gasteiger partial charge in [-0.15, -0.1) is 11.3 Å². The maximum Gasteiger partial charge on any atom is 0.267 e. The molecule has 0 bridgehead atoms. The predicted octanol–water partition coefficient (Wildman–Crippen LogP) is 4.72. The number of halogens is 1. The van der Waals surface area contributed by atoms with E-state index in [1.165, 1.54) is 23.5 Å². The maximum atomic E-state index is 13.0. The molecule has 0 aliphatic carbocycles. The number of nitrogens with one attached hydrogen (secondary N) is 2. The first-order valence-electron chi connectivity index (χ1n) is 9.68. The van der Waals surface area contributed by atoms with Crippen molar-refractivity contribution in [2.24, 2.45) is 0 Å². The van der Waals surface area contributed by atoms with E-state index in [1.807, 2.05) is 36.6 Å². The van der Waals surface area contributed by atoms with E-state index in [1.54, 1.807) is 30.3 Å². The van der Waals surface area contributed by atoms with Crippen molar-refractivity contribution in [1.82, 2.24) is 10.6 Å². The van der Waals surface area contributed by atoms with E-state index >= 15 is 0 Å². The van der Waals surface area contributed by atoms with Crippen LogP contribution in [-0.4, -0.2) is 18.4 Å². The molecule has 3 rings (SSSR count). The monoisotopic (exact) mass is 422 g/mol. The fourth-order valence-corrected chi connectivity index (χ4v) is 3.59. The van der Waals surface area contributed by atoms with Crippen LogP contribution in [0.2, 0.25) is 0 Å². The highest BCUT2D eigenvalue weighted by Crippen LogP contribution is 2.14. The van der Waals surface area contributed by atoms with Crippen molar-refractivity contribution in [1.29, 1.82) is 0 Å². The Kier molecular flexibility index (Phi) is 7.51. The van der Waals surface area contributed by atoms with Gasteiger partial charge in [0, 0.05) is 17.0 Å². The Hall–Kier alpha value is -3.25. The van der Waals surface area contributed by atoms with Crippen LogP contribution in [0.1, 0.15) is 32.8 Å². The smallest absolute Gasteiger partial charge is 0.267 e. The fraction of sp³-hybridized carbons (Fsp3) is 0.167. The molecule has 6 heteroatoms. The Morgan fingerprint density at radius 3 is 2.50 bits per heavy atom. The quantitative estimate of drug-likeness (QED) is 0.408. The van der Waals surface area contributed by atoms with Crippen LogP contribution in [0, 0.1) is 12.7 Å². The van der Waals surface area contributed by atoms with Crippen LogP contribution in [0.25, 0.3) is 6.08 Å². The fourth-order valence-electron chi connectivity index (χ4n) is 2.93. The standard InChI is InChI=1S/C24H23FN2O2S/c1-17-6-2-3-9-21(17)23(28)27-22(16-20-8-5-15-30-20)24(29)26-14-4-7-18-10-12-19(25)13-11-18/h2-3,5-6,8-13,15-16H,4,7,14H2,1H3,(H,26,29)(H,27,28)/b22-16-. The largest absolute Gasteiger partial charge is 0.351 e. The molecule has 2 N–H and O–H groups in total. The minimum absolute atomic E-state index is 0.201. The number of rotatable bonds is 8. The average molecular weight is 423 g/mol. The molecule has 4 nitrogen and oxygen atoms in total. The zero-order chi connectivity index (χ0) is 21.3. The van der Waals surface area contributed by atoms with Gasteiger partial charge in [-0.3, -0.25) is 9.59 Å². The molecule has 154 valence electrons. The molecule has 0 aliphatic rings. The predicted molar refractivity (Wildman–Crippen MR) is 119 cm³/mol. The Morgan fingerprint density at radius 2 is 1.80 bits per heavy atom. The Labute approximate surface area is 179 Å². The molecule has 0 aliphatic heterocycles. The molecule has 1 heterocycles. The van der Waals surface area contributed by atoms with E-state index in [9.17, 15) is 14.0 Å². The highest BCUT2D eigenvalue weighted by Gasteiger charge is 2.15. The highest BCUT2D eigenvalue weighted by molar-refractivity contribution is 7.10. The summed E-state index contributed by atoms with van der Waals surface area (Å²) in [6, 6.07) is 17.3. The SMILES string of the molecule is Cc1ccccc1C(=O)N/C(=C\c1cccs1)C(=O)NCCCc1ccc(F)cc1. The van der Waals surface area contributed by atoms with Gasteiger partial charge in [0.05, 0.1) is 0 Å². The minimum Gasteiger partial charge on any atom is -0.351 e. The van der Waals surface area contributed by atoms with Crippen molar-refractivity contribution in [3.63, 3.8) is 0 Å². The zero-order valence-corrected chi connectivity index (χ0v) is 17.5. The average Bonchev–Trinajstić information content (AvgIpc) is 3.25. The van der Waals surface area contributed by atoms with Gasteiger partial charge < -0.3 is 10.6 Å². The molecule has 0 radical (unpaired) electrons. The molecule has 0 saturated carbocycles. The summed E-state index contributed by atoms with van der Waals surface area (Å²) in [4.78, 5) is 26.3. The van der Waals surface area contributed by atoms with Gasteiger partial charge in [-0.25, -0.2) is 4.39 Å². The normalized spacial score (nSPS) is 11.2. The van der Waals surface area contributed by atoms with Crippen molar-refractivity contribution in [2.75, 3.05) is 6.54 Å². The van der Waals surface area contributed by atoms with Crippen LogP contribution in [0.15, 0.2) is 71.7 Å². The van der Waals surface area contributed by atoms with Gasteiger partial charge >= 0.3 is 0 Å². The number of carbonyl (C=O) groups excluding carboxylic acids is 2. The lowest BCUT2D eigenvalue weighted by Crippen LogP contribution is -2.35. The van der Waals surface area contributed by atoms with Crippen LogP contribution in [0.5, 0.6) is 0 Å². The van der Waals surface area contributed by atoms with Crippen molar-refractivity contribution >= 4 is 29.2 Å². The second kappa shape index (κ2) is 10.5. The molecule has 3 aromatic rings. The van der Waals surface area contributed by atoms with Crippen LogP contribution in [0.4, 0.5) is 4.39 Å². The number of carbonyl (C=O) groups is 2. The summed E-state index contributed by atoms with van der Waals surface area (Å²) in [7, 11) is 0. The summed E-state index contributed by atoms with van der Waals surface area (Å²) in [5.74, 6) is -0.929. The van der Waals surface area contributed by atoms with E-state index < -0.39 is 0 Å². The molecule has 0 unspecified atom stereocenters. The van der Waals surface area contributed by atoms with Gasteiger partial charge in [-0.1, -0.05) is 36.4 Å². The lowest BCUT2D eigenvalue weighted by molar-refractivity contribution is -0.117. The third-order valence-electron chi connectivity index (χ3n) is 4.55. The molecule has 0 fully saturated rings. The number of amides is 2. The van der Waals surface area contributed by atoms with Gasteiger partial charge in [-0.05, 0) is 66.6 Å². The number of aryl methyl sites for hydroxylation is 2. The van der Waals surface area contributed by atoms with Gasteiger partial charge in [0.25, 0.3) is 11.8 Å². The number of hydrogen-bond acceptors (Lipinski definition) is 3. The van der Waals surface area contributed by atoms with E-state index in [4.69, 9.17) is 0 Å². The summed E-state index contributed by atoms with van der Waals surface area (Å²) < 4.78 is 13.0. The summed E-state index contributed by atoms with van der Waals surface area (Å²) >= 11 is 1.48. The van der Waals surface area contributed by atoms with Crippen molar-refractivity contribution in [3.05, 3.63) is 99.1 Å². The van der Waals surface area contributed by atoms with Gasteiger partial charge in [0.2, 0.25) is 0 Å². The molecule has 0 saturated heterocycles. The Balaban J connectivity index is 1.63. The molecule has 0 spiro atoms. The Morgan fingerprint density at radius 1 is 1.03 bits per heavy atom. The molecule has 2 amide bonds. The first kappa shape index (κ1) is 21.5. The Bertz CT molecular complexity index is 1030. The van der Waals surface area contributed by atoms with Gasteiger partial charge in [0.1, 0.15) is 11.5 Å². The highest BCUT2D eigenvalue weighted by atomic mass is 32.1. The summed E-state index contributed by atoms with van der Waals surface area (Å²) in [6.45, 7) is 2.30. The number of thiophene rings is 1. The van der Waals surface area contributed by atoms with Crippen LogP contribution >= 0.6 is 11.3 Å². The summed E-state index contributed by atoms with van der Waals surface area (Å²) in [5, 5.41) is 7.52. The van der Waals surface area contributed by atoms with Crippen LogP contribution in [-0.2, 0) is 11.2 Å². The van der Waals surface area contributed by atoms with E-state index in [0.29, 0.717) is 18.5 Å². The molecule has 1 aromatic heterocycles. The van der Waals surface area contributed by atoms with Crippen molar-refractivity contribution in [2.45, 2.75) is 19.8 Å². The number of hydrogen-bond donors (Lipinski definition) is 2. The number of benzene rings is 2. The first-order valence-corrected chi connectivity index (χ1v) is 10.6. The summed E-state index contributed by atoms with van der Waals surface area (Å²) in [5.41, 5.74) is 2.57. The minimum atomic E-state index is -0.343. The van der Waals surface area contributed by atoms with E-state index in [2.05, 4.69) is 10.6 Å². The summed E-state index contributed by atoms with van der Waals surface area (Å²) in [6.07, 6.45) is 3.10. The first-order chi connectivity index (χ1) is 14.5. The molecular weight excluding hydrogens is 399 g/mol. The van der Waals surface area contributed by atoms with Gasteiger partial charge in [0.15, 0.2) is 0 Å². The third kappa shape index (κ3) is 6.12. The van der Waals surface area contributed by atoms with Crippen molar-refractivity contribution in [3.8, 4) is 0 Å².